The number of carbonyl (C=O) groups excluding carboxylic acids is 1. The number of hydrogen-bond donors (Lipinski definition) is 1. The van der Waals surface area contributed by atoms with E-state index in [9.17, 15) is 18.8 Å². The van der Waals surface area contributed by atoms with Gasteiger partial charge in [0.2, 0.25) is 11.7 Å². The van der Waals surface area contributed by atoms with Gasteiger partial charge in [0.15, 0.2) is 16.3 Å². The van der Waals surface area contributed by atoms with Gasteiger partial charge in [0, 0.05) is 24.8 Å². The number of nitrogens with one attached hydrogen (secondary N) is 1. The van der Waals surface area contributed by atoms with Gasteiger partial charge in [-0.3, -0.25) is 23.3 Å². The first-order valence-corrected chi connectivity index (χ1v) is 12.5. The van der Waals surface area contributed by atoms with Crippen LogP contribution in [0.15, 0.2) is 57.2 Å². The van der Waals surface area contributed by atoms with E-state index in [1.165, 1.54) is 23.7 Å². The molecule has 0 fully saturated rings. The zero-order valence-electron chi connectivity index (χ0n) is 20.0. The molecule has 13 heteroatoms. The van der Waals surface area contributed by atoms with Crippen LogP contribution in [0.5, 0.6) is 0 Å². The maximum absolute atomic E-state index is 13.5. The van der Waals surface area contributed by atoms with Crippen molar-refractivity contribution in [2.75, 3.05) is 11.1 Å². The standard InChI is InChI=1S/C24H21ClFN7O3S/c1-13-16(25)5-4-6-17(13)27-18(34)12-37-23-29-28-22-32(11-14-7-9-15(26)10-8-14)19-20(33(22)23)30(2)24(36)31(3)21(19)35/h4-10H,11-12H2,1-3H3,(H,27,34). The molecule has 2 aromatic carbocycles. The van der Waals surface area contributed by atoms with E-state index in [4.69, 9.17) is 11.6 Å². The minimum Gasteiger partial charge on any atom is -0.325 e. The normalized spacial score (nSPS) is 11.5. The fourth-order valence-electron chi connectivity index (χ4n) is 4.11. The van der Waals surface area contributed by atoms with Crippen LogP contribution in [-0.4, -0.2) is 40.0 Å². The lowest BCUT2D eigenvalue weighted by Gasteiger charge is -2.09. The topological polar surface area (TPSA) is 108 Å². The van der Waals surface area contributed by atoms with Crippen molar-refractivity contribution in [3.05, 3.63) is 85.3 Å². The Morgan fingerprint density at radius 3 is 2.54 bits per heavy atom. The minimum absolute atomic E-state index is 0.00380. The smallest absolute Gasteiger partial charge is 0.325 e. The minimum atomic E-state index is -0.517. The molecule has 0 atom stereocenters. The summed E-state index contributed by atoms with van der Waals surface area (Å²) in [6.07, 6.45) is 0. The van der Waals surface area contributed by atoms with Gasteiger partial charge >= 0.3 is 5.69 Å². The third-order valence-electron chi connectivity index (χ3n) is 6.08. The summed E-state index contributed by atoms with van der Waals surface area (Å²) < 4.78 is 19.0. The lowest BCUT2D eigenvalue weighted by Crippen LogP contribution is -2.37. The van der Waals surface area contributed by atoms with Gasteiger partial charge in [0.1, 0.15) is 5.82 Å². The number of hydrogen-bond acceptors (Lipinski definition) is 6. The number of carbonyl (C=O) groups is 1. The summed E-state index contributed by atoms with van der Waals surface area (Å²) in [5.74, 6) is -0.355. The van der Waals surface area contributed by atoms with Gasteiger partial charge in [-0.1, -0.05) is 41.6 Å². The summed E-state index contributed by atoms with van der Waals surface area (Å²) in [7, 11) is 2.95. The highest BCUT2D eigenvalue weighted by Gasteiger charge is 2.24. The number of rotatable bonds is 6. The zero-order chi connectivity index (χ0) is 26.4. The molecular weight excluding hydrogens is 521 g/mol. The fourth-order valence-corrected chi connectivity index (χ4v) is 5.01. The number of fused-ring (bicyclic) bond motifs is 3. The van der Waals surface area contributed by atoms with Crippen LogP contribution >= 0.6 is 23.4 Å². The Morgan fingerprint density at radius 2 is 1.81 bits per heavy atom. The summed E-state index contributed by atoms with van der Waals surface area (Å²) in [4.78, 5) is 38.6. The fraction of sp³-hybridized carbons (Fsp3) is 0.208. The second-order valence-electron chi connectivity index (χ2n) is 8.46. The third kappa shape index (κ3) is 4.31. The van der Waals surface area contributed by atoms with Crippen LogP contribution in [0, 0.1) is 12.7 Å². The Balaban J connectivity index is 1.57. The molecule has 0 aliphatic rings. The number of halogens is 2. The molecule has 0 aliphatic carbocycles. The van der Waals surface area contributed by atoms with Crippen molar-refractivity contribution in [1.82, 2.24) is 28.3 Å². The number of aromatic nitrogens is 6. The summed E-state index contributed by atoms with van der Waals surface area (Å²) in [6, 6.07) is 11.1. The molecule has 1 N–H and O–H groups in total. The molecule has 0 radical (unpaired) electrons. The molecule has 190 valence electrons. The number of anilines is 1. The first-order chi connectivity index (χ1) is 17.7. The molecule has 0 aliphatic heterocycles. The summed E-state index contributed by atoms with van der Waals surface area (Å²) >= 11 is 7.25. The van der Waals surface area contributed by atoms with Crippen LogP contribution in [0.3, 0.4) is 0 Å². The maximum Gasteiger partial charge on any atom is 0.332 e. The number of thioether (sulfide) groups is 1. The van der Waals surface area contributed by atoms with E-state index in [1.54, 1.807) is 46.3 Å². The average Bonchev–Trinajstić information content (AvgIpc) is 3.43. The van der Waals surface area contributed by atoms with Crippen molar-refractivity contribution in [3.8, 4) is 0 Å². The Hall–Kier alpha value is -3.90. The SMILES string of the molecule is Cc1c(Cl)cccc1NC(=O)CSc1nnc2n(Cc3ccc(F)cc3)c3c(=O)n(C)c(=O)n(C)c3n12. The van der Waals surface area contributed by atoms with Gasteiger partial charge in [-0.25, -0.2) is 13.6 Å². The highest BCUT2D eigenvalue weighted by molar-refractivity contribution is 7.99. The Bertz CT molecular complexity index is 1800. The van der Waals surface area contributed by atoms with Crippen LogP contribution < -0.4 is 16.6 Å². The van der Waals surface area contributed by atoms with Crippen molar-refractivity contribution in [3.63, 3.8) is 0 Å². The van der Waals surface area contributed by atoms with Gasteiger partial charge in [-0.05, 0) is 42.3 Å². The van der Waals surface area contributed by atoms with Gasteiger partial charge in [-0.15, -0.1) is 10.2 Å². The molecular formula is C24H21ClFN7O3S. The lowest BCUT2D eigenvalue weighted by molar-refractivity contribution is -0.113. The molecule has 3 aromatic heterocycles. The molecule has 3 heterocycles. The molecule has 0 saturated carbocycles. The van der Waals surface area contributed by atoms with Crippen LogP contribution in [0.2, 0.25) is 5.02 Å². The van der Waals surface area contributed by atoms with Crippen LogP contribution in [0.25, 0.3) is 16.9 Å². The number of nitrogens with zero attached hydrogens (tertiary/aromatic N) is 6. The van der Waals surface area contributed by atoms with E-state index in [-0.39, 0.29) is 29.5 Å². The predicted octanol–water partition coefficient (Wildman–Crippen LogP) is 2.96. The maximum atomic E-state index is 13.5. The lowest BCUT2D eigenvalue weighted by atomic mass is 10.2. The average molecular weight is 542 g/mol. The monoisotopic (exact) mass is 541 g/mol. The Morgan fingerprint density at radius 1 is 1.08 bits per heavy atom. The summed E-state index contributed by atoms with van der Waals surface area (Å²) in [5.41, 5.74) is 1.59. The zero-order valence-corrected chi connectivity index (χ0v) is 21.6. The quantitative estimate of drug-likeness (QED) is 0.331. The van der Waals surface area contributed by atoms with Crippen molar-refractivity contribution in [2.45, 2.75) is 18.6 Å². The van der Waals surface area contributed by atoms with Crippen molar-refractivity contribution in [2.24, 2.45) is 14.1 Å². The number of imidazole rings is 1. The van der Waals surface area contributed by atoms with Crippen LogP contribution in [-0.2, 0) is 25.4 Å². The number of benzene rings is 2. The van der Waals surface area contributed by atoms with Gasteiger partial charge in [0.25, 0.3) is 5.56 Å². The van der Waals surface area contributed by atoms with Gasteiger partial charge in [-0.2, -0.15) is 0 Å². The summed E-state index contributed by atoms with van der Waals surface area (Å²) in [6.45, 7) is 2.00. The molecule has 1 amide bonds. The predicted molar refractivity (Wildman–Crippen MR) is 140 cm³/mol. The molecule has 37 heavy (non-hydrogen) atoms. The molecule has 0 saturated heterocycles. The second-order valence-corrected chi connectivity index (χ2v) is 9.81. The largest absolute Gasteiger partial charge is 0.332 e. The van der Waals surface area contributed by atoms with E-state index < -0.39 is 11.2 Å². The van der Waals surface area contributed by atoms with E-state index >= 15 is 0 Å². The van der Waals surface area contributed by atoms with Crippen LogP contribution in [0.4, 0.5) is 10.1 Å². The van der Waals surface area contributed by atoms with Crippen molar-refractivity contribution < 1.29 is 9.18 Å². The molecule has 5 aromatic rings. The molecule has 0 unspecified atom stereocenters. The number of amides is 1. The Kier molecular flexibility index (Phi) is 6.38. The third-order valence-corrected chi connectivity index (χ3v) is 7.42. The van der Waals surface area contributed by atoms with Crippen LogP contribution in [0.1, 0.15) is 11.1 Å². The molecule has 0 spiro atoms. The van der Waals surface area contributed by atoms with E-state index in [0.717, 1.165) is 27.5 Å². The summed E-state index contributed by atoms with van der Waals surface area (Å²) in [5, 5.41) is 12.2. The number of aryl methyl sites for hydroxylation is 1. The molecule has 10 nitrogen and oxygen atoms in total. The highest BCUT2D eigenvalue weighted by Crippen LogP contribution is 2.26. The van der Waals surface area contributed by atoms with Crippen molar-refractivity contribution in [1.29, 1.82) is 0 Å². The molecule has 0 bridgehead atoms. The molecule has 5 rings (SSSR count). The van der Waals surface area contributed by atoms with Crippen molar-refractivity contribution >= 4 is 51.9 Å². The first-order valence-electron chi connectivity index (χ1n) is 11.1. The first kappa shape index (κ1) is 24.8. The van der Waals surface area contributed by atoms with Gasteiger partial charge < -0.3 is 5.32 Å². The second kappa shape index (κ2) is 9.52. The Labute approximate surface area is 218 Å². The van der Waals surface area contributed by atoms with Gasteiger partial charge in [0.05, 0.1) is 12.3 Å². The van der Waals surface area contributed by atoms with E-state index in [2.05, 4.69) is 15.5 Å². The van der Waals surface area contributed by atoms with E-state index in [0.29, 0.717) is 27.3 Å². The van der Waals surface area contributed by atoms with E-state index in [1.807, 2.05) is 6.92 Å². The highest BCUT2D eigenvalue weighted by atomic mass is 35.5.